The summed E-state index contributed by atoms with van der Waals surface area (Å²) in [4.78, 5) is 25.7. The number of hydrogen-bond acceptors (Lipinski definition) is 3. The van der Waals surface area contributed by atoms with Gasteiger partial charge in [0.1, 0.15) is 0 Å². The third-order valence-electron chi connectivity index (χ3n) is 3.95. The van der Waals surface area contributed by atoms with Crippen LogP contribution >= 0.6 is 0 Å². The molecule has 2 aliphatic rings. The van der Waals surface area contributed by atoms with Crippen LogP contribution in [0.3, 0.4) is 0 Å². The lowest BCUT2D eigenvalue weighted by Gasteiger charge is -2.20. The van der Waals surface area contributed by atoms with E-state index < -0.39 is 0 Å². The molecule has 0 bridgehead atoms. The minimum atomic E-state index is -0.360. The molecule has 1 saturated heterocycles. The minimum absolute atomic E-state index is 0.0289. The second-order valence-electron chi connectivity index (χ2n) is 5.06. The molecule has 17 heavy (non-hydrogen) atoms. The summed E-state index contributed by atoms with van der Waals surface area (Å²) in [5, 5.41) is 6.52. The molecule has 1 aliphatic carbocycles. The Bertz CT molecular complexity index is 446. The second-order valence-corrected chi connectivity index (χ2v) is 5.06. The maximum atomic E-state index is 12.3. The zero-order valence-corrected chi connectivity index (χ0v) is 9.61. The van der Waals surface area contributed by atoms with Crippen molar-refractivity contribution in [2.75, 3.05) is 0 Å². The van der Waals surface area contributed by atoms with Gasteiger partial charge in [0.15, 0.2) is 0 Å². The monoisotopic (exact) mass is 233 g/mol. The molecule has 2 amide bonds. The third kappa shape index (κ3) is 1.57. The highest BCUT2D eigenvalue weighted by Crippen LogP contribution is 2.47. The van der Waals surface area contributed by atoms with E-state index in [1.54, 1.807) is 12.4 Å². The molecule has 1 aromatic heterocycles. The van der Waals surface area contributed by atoms with Crippen LogP contribution in [0.25, 0.3) is 0 Å². The first-order valence-electron chi connectivity index (χ1n) is 6.04. The fourth-order valence-electron chi connectivity index (χ4n) is 3.01. The molecule has 1 N–H and O–H groups in total. The first kappa shape index (κ1) is 10.5. The number of amides is 2. The molecule has 90 valence electrons. The lowest BCUT2D eigenvalue weighted by molar-refractivity contribution is -0.142. The number of carbonyl (C=O) groups is 2. The quantitative estimate of drug-likeness (QED) is 0.781. The standard InChI is InChI=1S/C12H15N3O2/c16-10-5-12(3-1-2-4-12)11(17)15(10)8-9-6-13-14-7-9/h6-7H,1-5,8H2,(H,13,14). The number of likely N-dealkylation sites (tertiary alicyclic amines) is 1. The van der Waals surface area contributed by atoms with Crippen molar-refractivity contribution in [3.63, 3.8) is 0 Å². The first-order chi connectivity index (χ1) is 8.21. The maximum Gasteiger partial charge on any atom is 0.236 e. The van der Waals surface area contributed by atoms with Crippen LogP contribution in [-0.4, -0.2) is 26.9 Å². The normalized spacial score (nSPS) is 22.9. The Morgan fingerprint density at radius 2 is 2.12 bits per heavy atom. The molecular formula is C12H15N3O2. The van der Waals surface area contributed by atoms with E-state index in [1.807, 2.05) is 0 Å². The van der Waals surface area contributed by atoms with E-state index in [0.29, 0.717) is 13.0 Å². The van der Waals surface area contributed by atoms with Crippen LogP contribution in [0.5, 0.6) is 0 Å². The molecule has 2 heterocycles. The van der Waals surface area contributed by atoms with E-state index >= 15 is 0 Å². The number of H-pyrrole nitrogens is 1. The summed E-state index contributed by atoms with van der Waals surface area (Å²) in [5.74, 6) is -0.000648. The first-order valence-corrected chi connectivity index (χ1v) is 6.04. The van der Waals surface area contributed by atoms with Crippen molar-refractivity contribution in [2.24, 2.45) is 5.41 Å². The van der Waals surface area contributed by atoms with Crippen LogP contribution in [-0.2, 0) is 16.1 Å². The number of imide groups is 1. The Kier molecular flexibility index (Phi) is 2.28. The Labute approximate surface area is 99.2 Å². The number of rotatable bonds is 2. The van der Waals surface area contributed by atoms with Gasteiger partial charge in [-0.05, 0) is 12.8 Å². The second kappa shape index (κ2) is 3.68. The van der Waals surface area contributed by atoms with Crippen molar-refractivity contribution in [3.05, 3.63) is 18.0 Å². The van der Waals surface area contributed by atoms with Crippen LogP contribution in [0, 0.1) is 5.41 Å². The Balaban J connectivity index is 1.82. The lowest BCUT2D eigenvalue weighted by Crippen LogP contribution is -2.33. The van der Waals surface area contributed by atoms with Gasteiger partial charge >= 0.3 is 0 Å². The zero-order chi connectivity index (χ0) is 11.9. The van der Waals surface area contributed by atoms with Crippen molar-refractivity contribution in [1.29, 1.82) is 0 Å². The molecule has 1 spiro atoms. The predicted octanol–water partition coefficient (Wildman–Crippen LogP) is 1.23. The Hall–Kier alpha value is -1.65. The average Bonchev–Trinajstić information content (AvgIpc) is 2.99. The summed E-state index contributed by atoms with van der Waals surface area (Å²) in [6, 6.07) is 0. The maximum absolute atomic E-state index is 12.3. The molecule has 1 aromatic rings. The highest BCUT2D eigenvalue weighted by atomic mass is 16.2. The number of hydrogen-bond donors (Lipinski definition) is 1. The number of carbonyl (C=O) groups excluding carboxylic acids is 2. The molecule has 2 fully saturated rings. The van der Waals surface area contributed by atoms with Crippen molar-refractivity contribution in [2.45, 2.75) is 38.6 Å². The summed E-state index contributed by atoms with van der Waals surface area (Å²) in [6.07, 6.45) is 7.67. The van der Waals surface area contributed by atoms with Gasteiger partial charge < -0.3 is 0 Å². The minimum Gasteiger partial charge on any atom is -0.285 e. The van der Waals surface area contributed by atoms with Crippen LogP contribution in [0.1, 0.15) is 37.7 Å². The van der Waals surface area contributed by atoms with E-state index in [-0.39, 0.29) is 17.2 Å². The topological polar surface area (TPSA) is 66.1 Å². The molecule has 1 saturated carbocycles. The summed E-state index contributed by atoms with van der Waals surface area (Å²) in [6.45, 7) is 0.357. The smallest absolute Gasteiger partial charge is 0.236 e. The van der Waals surface area contributed by atoms with Crippen LogP contribution in [0.15, 0.2) is 12.4 Å². The van der Waals surface area contributed by atoms with Gasteiger partial charge in [0.05, 0.1) is 18.2 Å². The molecular weight excluding hydrogens is 218 g/mol. The molecule has 5 nitrogen and oxygen atoms in total. The molecule has 0 unspecified atom stereocenters. The summed E-state index contributed by atoms with van der Waals surface area (Å²) >= 11 is 0. The van der Waals surface area contributed by atoms with Gasteiger partial charge in [-0.3, -0.25) is 19.6 Å². The van der Waals surface area contributed by atoms with E-state index in [9.17, 15) is 9.59 Å². The summed E-state index contributed by atoms with van der Waals surface area (Å²) in [7, 11) is 0. The van der Waals surface area contributed by atoms with Crippen molar-refractivity contribution in [3.8, 4) is 0 Å². The van der Waals surface area contributed by atoms with Gasteiger partial charge in [-0.15, -0.1) is 0 Å². The highest BCUT2D eigenvalue weighted by Gasteiger charge is 2.52. The van der Waals surface area contributed by atoms with Gasteiger partial charge in [-0.1, -0.05) is 12.8 Å². The van der Waals surface area contributed by atoms with Gasteiger partial charge in [0.25, 0.3) is 0 Å². The summed E-state index contributed by atoms with van der Waals surface area (Å²) in [5.41, 5.74) is 0.516. The van der Waals surface area contributed by atoms with E-state index in [2.05, 4.69) is 10.2 Å². The molecule has 3 rings (SSSR count). The highest BCUT2D eigenvalue weighted by molar-refractivity contribution is 6.05. The fraction of sp³-hybridized carbons (Fsp3) is 0.583. The molecule has 1 aliphatic heterocycles. The Morgan fingerprint density at radius 1 is 1.35 bits per heavy atom. The predicted molar refractivity (Wildman–Crippen MR) is 59.7 cm³/mol. The number of nitrogens with one attached hydrogen (secondary N) is 1. The number of aromatic nitrogens is 2. The zero-order valence-electron chi connectivity index (χ0n) is 9.61. The molecule has 0 atom stereocenters. The van der Waals surface area contributed by atoms with Gasteiger partial charge in [-0.2, -0.15) is 5.10 Å². The fourth-order valence-corrected chi connectivity index (χ4v) is 3.01. The van der Waals surface area contributed by atoms with Crippen molar-refractivity contribution >= 4 is 11.8 Å². The molecule has 0 radical (unpaired) electrons. The molecule has 0 aromatic carbocycles. The van der Waals surface area contributed by atoms with Crippen LogP contribution in [0.2, 0.25) is 0 Å². The van der Waals surface area contributed by atoms with Crippen molar-refractivity contribution in [1.82, 2.24) is 15.1 Å². The SMILES string of the molecule is O=C1CC2(CCCC2)C(=O)N1Cc1cn[nH]c1. The number of aromatic amines is 1. The van der Waals surface area contributed by atoms with E-state index in [1.165, 1.54) is 4.90 Å². The van der Waals surface area contributed by atoms with Gasteiger partial charge in [-0.25, -0.2) is 0 Å². The average molecular weight is 233 g/mol. The lowest BCUT2D eigenvalue weighted by atomic mass is 9.84. The van der Waals surface area contributed by atoms with E-state index in [4.69, 9.17) is 0 Å². The van der Waals surface area contributed by atoms with Gasteiger partial charge in [0, 0.05) is 18.2 Å². The number of nitrogens with zero attached hydrogens (tertiary/aromatic N) is 2. The largest absolute Gasteiger partial charge is 0.285 e. The van der Waals surface area contributed by atoms with Crippen LogP contribution < -0.4 is 0 Å². The van der Waals surface area contributed by atoms with Crippen molar-refractivity contribution < 1.29 is 9.59 Å². The third-order valence-corrected chi connectivity index (χ3v) is 3.95. The Morgan fingerprint density at radius 3 is 2.76 bits per heavy atom. The molecule has 5 heteroatoms. The summed E-state index contributed by atoms with van der Waals surface area (Å²) < 4.78 is 0. The van der Waals surface area contributed by atoms with Gasteiger partial charge in [0.2, 0.25) is 11.8 Å². The van der Waals surface area contributed by atoms with Crippen LogP contribution in [0.4, 0.5) is 0 Å². The van der Waals surface area contributed by atoms with E-state index in [0.717, 1.165) is 31.2 Å².